The molecule has 1 atom stereocenters. The molecule has 0 bridgehead atoms. The smallest absolute Gasteiger partial charge is 0.410 e. The van der Waals surface area contributed by atoms with Crippen LogP contribution in [0.15, 0.2) is 12.1 Å². The Kier molecular flexibility index (Phi) is 4.28. The van der Waals surface area contributed by atoms with Gasteiger partial charge < -0.3 is 14.4 Å². The normalized spacial score (nSPS) is 20.6. The summed E-state index contributed by atoms with van der Waals surface area (Å²) in [5.74, 6) is 0.808. The molecular weight excluding hydrogens is 306 g/mol. The van der Waals surface area contributed by atoms with Crippen molar-refractivity contribution >= 4 is 11.9 Å². The lowest BCUT2D eigenvalue weighted by molar-refractivity contribution is -0.123. The molecule has 0 spiro atoms. The third kappa shape index (κ3) is 3.40. The fraction of sp³-hybridized carbons (Fsp3) is 0.579. The highest BCUT2D eigenvalue weighted by molar-refractivity contribution is 5.89. The summed E-state index contributed by atoms with van der Waals surface area (Å²) in [4.78, 5) is 25.9. The standard InChI is InChI=1S/C19H25NO4/c1-12-15-9-13-5-7-20(18(22)24-19(2,3)4)8-6-14(13)10-17(15)23-11-16(12)21/h9-10,12H,5-8,11H2,1-4H3. The molecule has 2 aliphatic heterocycles. The topological polar surface area (TPSA) is 55.8 Å². The molecule has 0 saturated heterocycles. The maximum Gasteiger partial charge on any atom is 0.410 e. The van der Waals surface area contributed by atoms with Crippen molar-refractivity contribution in [3.8, 4) is 5.75 Å². The number of ketones is 1. The molecule has 2 aliphatic rings. The van der Waals surface area contributed by atoms with Crippen molar-refractivity contribution in [2.24, 2.45) is 0 Å². The average molecular weight is 331 g/mol. The lowest BCUT2D eigenvalue weighted by atomic mass is 9.89. The first-order valence-electron chi connectivity index (χ1n) is 8.54. The molecule has 130 valence electrons. The van der Waals surface area contributed by atoms with Crippen LogP contribution in [0.5, 0.6) is 5.75 Å². The predicted octanol–water partition coefficient (Wildman–Crippen LogP) is 3.09. The van der Waals surface area contributed by atoms with Crippen molar-refractivity contribution in [1.29, 1.82) is 0 Å². The molecule has 0 N–H and O–H groups in total. The van der Waals surface area contributed by atoms with E-state index >= 15 is 0 Å². The summed E-state index contributed by atoms with van der Waals surface area (Å²) in [6.45, 7) is 8.97. The number of hydrogen-bond acceptors (Lipinski definition) is 4. The van der Waals surface area contributed by atoms with Crippen LogP contribution in [0, 0.1) is 0 Å². The molecule has 0 aromatic heterocycles. The third-order valence-corrected chi connectivity index (χ3v) is 4.61. The molecule has 3 rings (SSSR count). The molecule has 2 heterocycles. The number of carbonyl (C=O) groups excluding carboxylic acids is 2. The lowest BCUT2D eigenvalue weighted by Gasteiger charge is -2.26. The summed E-state index contributed by atoms with van der Waals surface area (Å²) in [5, 5.41) is 0. The number of nitrogens with zero attached hydrogens (tertiary/aromatic N) is 1. The van der Waals surface area contributed by atoms with Crippen LogP contribution in [-0.2, 0) is 22.4 Å². The first-order valence-corrected chi connectivity index (χ1v) is 8.54. The van der Waals surface area contributed by atoms with Crippen LogP contribution in [0.1, 0.15) is 50.3 Å². The summed E-state index contributed by atoms with van der Waals surface area (Å²) in [5.41, 5.74) is 2.88. The van der Waals surface area contributed by atoms with E-state index in [1.54, 1.807) is 4.90 Å². The number of benzene rings is 1. The Balaban J connectivity index is 1.79. The Morgan fingerprint density at radius 2 is 1.83 bits per heavy atom. The first kappa shape index (κ1) is 16.8. The second-order valence-electron chi connectivity index (χ2n) is 7.60. The number of carbonyl (C=O) groups is 2. The van der Waals surface area contributed by atoms with Crippen molar-refractivity contribution in [3.63, 3.8) is 0 Å². The van der Waals surface area contributed by atoms with Crippen molar-refractivity contribution in [2.75, 3.05) is 19.7 Å². The molecule has 0 saturated carbocycles. The number of amides is 1. The van der Waals surface area contributed by atoms with Crippen molar-refractivity contribution in [2.45, 2.75) is 52.1 Å². The van der Waals surface area contributed by atoms with Crippen LogP contribution in [0.3, 0.4) is 0 Å². The van der Waals surface area contributed by atoms with E-state index in [0.717, 1.165) is 24.2 Å². The van der Waals surface area contributed by atoms with Crippen LogP contribution < -0.4 is 4.74 Å². The summed E-state index contributed by atoms with van der Waals surface area (Å²) in [7, 11) is 0. The number of rotatable bonds is 0. The fourth-order valence-corrected chi connectivity index (χ4v) is 3.19. The zero-order valence-electron chi connectivity index (χ0n) is 14.8. The van der Waals surface area contributed by atoms with Crippen LogP contribution in [-0.4, -0.2) is 42.1 Å². The monoisotopic (exact) mass is 331 g/mol. The van der Waals surface area contributed by atoms with Gasteiger partial charge in [-0.2, -0.15) is 0 Å². The zero-order valence-corrected chi connectivity index (χ0v) is 14.8. The van der Waals surface area contributed by atoms with Gasteiger partial charge in [-0.1, -0.05) is 13.0 Å². The molecule has 1 unspecified atom stereocenters. The molecule has 1 aromatic carbocycles. The van der Waals surface area contributed by atoms with E-state index in [9.17, 15) is 9.59 Å². The Hall–Kier alpha value is -2.04. The molecule has 24 heavy (non-hydrogen) atoms. The van der Waals surface area contributed by atoms with Gasteiger partial charge in [0.25, 0.3) is 0 Å². The van der Waals surface area contributed by atoms with E-state index in [0.29, 0.717) is 13.1 Å². The molecule has 1 amide bonds. The Bertz CT molecular complexity index is 675. The first-order chi connectivity index (χ1) is 11.2. The minimum Gasteiger partial charge on any atom is -0.485 e. The summed E-state index contributed by atoms with van der Waals surface area (Å²) in [6, 6.07) is 4.14. The molecule has 0 radical (unpaired) electrons. The maximum absolute atomic E-state index is 12.3. The summed E-state index contributed by atoms with van der Waals surface area (Å²) < 4.78 is 11.1. The van der Waals surface area contributed by atoms with E-state index in [4.69, 9.17) is 9.47 Å². The van der Waals surface area contributed by atoms with Crippen LogP contribution in [0.2, 0.25) is 0 Å². The van der Waals surface area contributed by atoms with Gasteiger partial charge in [0.2, 0.25) is 0 Å². The number of hydrogen-bond donors (Lipinski definition) is 0. The number of ether oxygens (including phenoxy) is 2. The molecule has 1 aromatic rings. The van der Waals surface area contributed by atoms with Gasteiger partial charge in [-0.15, -0.1) is 0 Å². The van der Waals surface area contributed by atoms with Crippen molar-refractivity contribution < 1.29 is 19.1 Å². The van der Waals surface area contributed by atoms with E-state index in [1.807, 2.05) is 33.8 Å². The lowest BCUT2D eigenvalue weighted by Crippen LogP contribution is -2.38. The number of Topliss-reactive ketones (excluding diaryl/α,β-unsaturated/α-hetero) is 1. The van der Waals surface area contributed by atoms with Crippen molar-refractivity contribution in [3.05, 3.63) is 28.8 Å². The second-order valence-corrected chi connectivity index (χ2v) is 7.60. The number of fused-ring (bicyclic) bond motifs is 2. The molecular formula is C19H25NO4. The average Bonchev–Trinajstić information content (AvgIpc) is 2.70. The third-order valence-electron chi connectivity index (χ3n) is 4.61. The molecule has 5 nitrogen and oxygen atoms in total. The summed E-state index contributed by atoms with van der Waals surface area (Å²) in [6.07, 6.45) is 1.27. The van der Waals surface area contributed by atoms with Crippen LogP contribution in [0.25, 0.3) is 0 Å². The van der Waals surface area contributed by atoms with Gasteiger partial charge in [-0.25, -0.2) is 4.79 Å². The highest BCUT2D eigenvalue weighted by Gasteiger charge is 2.29. The quantitative estimate of drug-likeness (QED) is 0.733. The van der Waals surface area contributed by atoms with Gasteiger partial charge in [0.05, 0.1) is 0 Å². The Labute approximate surface area is 142 Å². The second kappa shape index (κ2) is 6.11. The fourth-order valence-electron chi connectivity index (χ4n) is 3.19. The Morgan fingerprint density at radius 1 is 1.21 bits per heavy atom. The SMILES string of the molecule is CC1C(=O)COc2cc3c(cc21)CCN(C(=O)OC(C)(C)C)CC3. The van der Waals surface area contributed by atoms with Gasteiger partial charge in [0.15, 0.2) is 5.78 Å². The van der Waals surface area contributed by atoms with Gasteiger partial charge in [0.1, 0.15) is 18.0 Å². The highest BCUT2D eigenvalue weighted by Crippen LogP contribution is 2.35. The maximum atomic E-state index is 12.3. The zero-order chi connectivity index (χ0) is 17.5. The minimum absolute atomic E-state index is 0.117. The van der Waals surface area contributed by atoms with Gasteiger partial charge in [0, 0.05) is 24.6 Å². The molecule has 0 aliphatic carbocycles. The van der Waals surface area contributed by atoms with E-state index in [1.165, 1.54) is 11.1 Å². The van der Waals surface area contributed by atoms with Crippen LogP contribution >= 0.6 is 0 Å². The Morgan fingerprint density at radius 3 is 2.46 bits per heavy atom. The minimum atomic E-state index is -0.487. The predicted molar refractivity (Wildman–Crippen MR) is 90.6 cm³/mol. The van der Waals surface area contributed by atoms with E-state index in [-0.39, 0.29) is 24.4 Å². The van der Waals surface area contributed by atoms with E-state index in [2.05, 4.69) is 6.07 Å². The van der Waals surface area contributed by atoms with Crippen LogP contribution in [0.4, 0.5) is 4.79 Å². The van der Waals surface area contributed by atoms with E-state index < -0.39 is 5.60 Å². The van der Waals surface area contributed by atoms with Gasteiger partial charge in [-0.05, 0) is 50.8 Å². The molecule has 5 heteroatoms. The van der Waals surface area contributed by atoms with Gasteiger partial charge in [-0.3, -0.25) is 4.79 Å². The highest BCUT2D eigenvalue weighted by atomic mass is 16.6. The summed E-state index contributed by atoms with van der Waals surface area (Å²) >= 11 is 0. The largest absolute Gasteiger partial charge is 0.485 e. The molecule has 0 fully saturated rings. The van der Waals surface area contributed by atoms with Gasteiger partial charge >= 0.3 is 6.09 Å². The van der Waals surface area contributed by atoms with Crippen molar-refractivity contribution in [1.82, 2.24) is 4.90 Å².